The Bertz CT molecular complexity index is 894. The fourth-order valence-electron chi connectivity index (χ4n) is 5.23. The summed E-state index contributed by atoms with van der Waals surface area (Å²) in [5, 5.41) is 0. The molecule has 32 heavy (non-hydrogen) atoms. The van der Waals surface area contributed by atoms with Crippen LogP contribution in [0.5, 0.6) is 0 Å². The molecule has 0 bridgehead atoms. The molecule has 5 unspecified atom stereocenters. The van der Waals surface area contributed by atoms with Gasteiger partial charge in [0.2, 0.25) is 0 Å². The molecule has 5 atom stereocenters. The second kappa shape index (κ2) is 9.60. The van der Waals surface area contributed by atoms with Crippen molar-refractivity contribution < 1.29 is 19.1 Å². The van der Waals surface area contributed by atoms with Crippen molar-refractivity contribution >= 4 is 23.5 Å². The molecule has 1 aromatic carbocycles. The Hall–Kier alpha value is -1.79. The van der Waals surface area contributed by atoms with Gasteiger partial charge in [-0.25, -0.2) is 0 Å². The minimum atomic E-state index is -0.379. The van der Waals surface area contributed by atoms with Crippen molar-refractivity contribution in [2.75, 3.05) is 19.4 Å². The second-order valence-corrected chi connectivity index (χ2v) is 10.6. The molecule has 2 heterocycles. The SMILES string of the molecule is CSc1ccc(C2C3=C(OC4CC(C)C(C)CC4C3=O)C(=O)N2CCCOC(C)C)cc1. The molecular weight excluding hydrogens is 422 g/mol. The third-order valence-corrected chi connectivity index (χ3v) is 7.98. The highest BCUT2D eigenvalue weighted by atomic mass is 32.2. The van der Waals surface area contributed by atoms with Gasteiger partial charge in [0, 0.05) is 18.0 Å². The molecule has 174 valence electrons. The number of carbonyl (C=O) groups is 2. The highest BCUT2D eigenvalue weighted by molar-refractivity contribution is 7.98. The van der Waals surface area contributed by atoms with Gasteiger partial charge in [0.1, 0.15) is 6.10 Å². The van der Waals surface area contributed by atoms with E-state index in [2.05, 4.69) is 26.0 Å². The van der Waals surface area contributed by atoms with Gasteiger partial charge in [-0.1, -0.05) is 26.0 Å². The average molecular weight is 458 g/mol. The number of thioether (sulfide) groups is 1. The van der Waals surface area contributed by atoms with Crippen LogP contribution in [0, 0.1) is 17.8 Å². The summed E-state index contributed by atoms with van der Waals surface area (Å²) in [4.78, 5) is 30.2. The summed E-state index contributed by atoms with van der Waals surface area (Å²) in [6, 6.07) is 7.83. The van der Waals surface area contributed by atoms with Gasteiger partial charge in [-0.3, -0.25) is 9.59 Å². The van der Waals surface area contributed by atoms with E-state index in [4.69, 9.17) is 9.47 Å². The minimum Gasteiger partial charge on any atom is -0.483 e. The smallest absolute Gasteiger partial charge is 0.290 e. The molecule has 0 aromatic heterocycles. The topological polar surface area (TPSA) is 55.8 Å². The zero-order valence-corrected chi connectivity index (χ0v) is 20.6. The van der Waals surface area contributed by atoms with E-state index >= 15 is 0 Å². The number of ether oxygens (including phenoxy) is 2. The van der Waals surface area contributed by atoms with E-state index in [9.17, 15) is 9.59 Å². The highest BCUT2D eigenvalue weighted by Crippen LogP contribution is 2.48. The van der Waals surface area contributed by atoms with Crippen LogP contribution in [0.1, 0.15) is 58.6 Å². The van der Waals surface area contributed by atoms with Crippen LogP contribution >= 0.6 is 11.8 Å². The standard InChI is InChI=1S/C26H35NO4S/c1-15(2)30-12-6-11-27-23(18-7-9-19(32-5)10-8-18)22-24(28)20-13-16(3)17(4)14-21(20)31-25(22)26(27)29/h7-10,15-17,20-21,23H,6,11-14H2,1-5H3. The summed E-state index contributed by atoms with van der Waals surface area (Å²) < 4.78 is 12.0. The lowest BCUT2D eigenvalue weighted by Gasteiger charge is -2.40. The van der Waals surface area contributed by atoms with Crippen LogP contribution in [-0.4, -0.2) is 48.2 Å². The zero-order valence-electron chi connectivity index (χ0n) is 19.8. The van der Waals surface area contributed by atoms with Crippen LogP contribution in [-0.2, 0) is 19.1 Å². The van der Waals surface area contributed by atoms with E-state index in [1.807, 2.05) is 37.1 Å². The number of hydrogen-bond donors (Lipinski definition) is 0. The van der Waals surface area contributed by atoms with Crippen LogP contribution in [0.2, 0.25) is 0 Å². The van der Waals surface area contributed by atoms with Gasteiger partial charge in [0.05, 0.1) is 23.6 Å². The highest BCUT2D eigenvalue weighted by Gasteiger charge is 2.53. The molecule has 3 aliphatic rings. The largest absolute Gasteiger partial charge is 0.483 e. The van der Waals surface area contributed by atoms with Crippen molar-refractivity contribution in [3.8, 4) is 0 Å². The van der Waals surface area contributed by atoms with E-state index in [0.717, 1.165) is 29.7 Å². The maximum absolute atomic E-state index is 13.8. The summed E-state index contributed by atoms with van der Waals surface area (Å²) in [5.41, 5.74) is 1.54. The summed E-state index contributed by atoms with van der Waals surface area (Å²) in [6.45, 7) is 9.57. The number of hydrogen-bond acceptors (Lipinski definition) is 5. The van der Waals surface area contributed by atoms with Gasteiger partial charge < -0.3 is 14.4 Å². The van der Waals surface area contributed by atoms with Gasteiger partial charge in [0.25, 0.3) is 5.91 Å². The number of rotatable bonds is 7. The third kappa shape index (κ3) is 4.36. The molecule has 4 rings (SSSR count). The lowest BCUT2D eigenvalue weighted by atomic mass is 9.70. The molecule has 0 spiro atoms. The lowest BCUT2D eigenvalue weighted by Crippen LogP contribution is -2.43. The van der Waals surface area contributed by atoms with E-state index in [1.165, 1.54) is 0 Å². The van der Waals surface area contributed by atoms with E-state index in [-0.39, 0.29) is 35.9 Å². The third-order valence-electron chi connectivity index (χ3n) is 7.23. The quantitative estimate of drug-likeness (QED) is 0.425. The number of nitrogens with zero attached hydrogens (tertiary/aromatic N) is 1. The molecule has 6 heteroatoms. The summed E-state index contributed by atoms with van der Waals surface area (Å²) in [6.07, 6.45) is 4.40. The van der Waals surface area contributed by atoms with Crippen LogP contribution in [0.25, 0.3) is 0 Å². The Morgan fingerprint density at radius 3 is 2.47 bits per heavy atom. The van der Waals surface area contributed by atoms with Gasteiger partial charge >= 0.3 is 0 Å². The van der Waals surface area contributed by atoms with Crippen LogP contribution in [0.4, 0.5) is 0 Å². The number of amides is 1. The van der Waals surface area contributed by atoms with Crippen molar-refractivity contribution in [1.29, 1.82) is 0 Å². The molecule has 1 fully saturated rings. The predicted octanol–water partition coefficient (Wildman–Crippen LogP) is 5.01. The van der Waals surface area contributed by atoms with Gasteiger partial charge in [-0.15, -0.1) is 11.8 Å². The second-order valence-electron chi connectivity index (χ2n) is 9.74. The fourth-order valence-corrected chi connectivity index (χ4v) is 5.63. The van der Waals surface area contributed by atoms with E-state index in [0.29, 0.717) is 36.3 Å². The average Bonchev–Trinajstić information content (AvgIpc) is 3.05. The van der Waals surface area contributed by atoms with Crippen molar-refractivity contribution in [2.24, 2.45) is 17.8 Å². The number of fused-ring (bicyclic) bond motifs is 1. The zero-order chi connectivity index (χ0) is 23.0. The van der Waals surface area contributed by atoms with Crippen LogP contribution in [0.15, 0.2) is 40.5 Å². The van der Waals surface area contributed by atoms with Gasteiger partial charge in [0.15, 0.2) is 11.5 Å². The number of benzene rings is 1. The Labute approximate surface area is 195 Å². The maximum Gasteiger partial charge on any atom is 0.290 e. The molecule has 0 N–H and O–H groups in total. The number of ketones is 1. The Kier molecular flexibility index (Phi) is 7.01. The fraction of sp³-hybridized carbons (Fsp3) is 0.615. The first kappa shape index (κ1) is 23.4. The van der Waals surface area contributed by atoms with Gasteiger partial charge in [-0.05, 0) is 68.9 Å². The molecule has 1 aromatic rings. The summed E-state index contributed by atoms with van der Waals surface area (Å²) >= 11 is 1.68. The maximum atomic E-state index is 13.8. The van der Waals surface area contributed by atoms with Crippen molar-refractivity contribution in [2.45, 2.75) is 70.1 Å². The molecule has 1 saturated carbocycles. The van der Waals surface area contributed by atoms with Crippen molar-refractivity contribution in [3.05, 3.63) is 41.2 Å². The van der Waals surface area contributed by atoms with Crippen LogP contribution in [0.3, 0.4) is 0 Å². The molecule has 0 saturated heterocycles. The van der Waals surface area contributed by atoms with E-state index < -0.39 is 0 Å². The van der Waals surface area contributed by atoms with E-state index in [1.54, 1.807) is 11.8 Å². The molecular formula is C26H35NO4S. The summed E-state index contributed by atoms with van der Waals surface area (Å²) in [7, 11) is 0. The Morgan fingerprint density at radius 2 is 1.81 bits per heavy atom. The Balaban J connectivity index is 1.66. The molecule has 2 aliphatic heterocycles. The first-order valence-electron chi connectivity index (χ1n) is 11.8. The molecule has 5 nitrogen and oxygen atoms in total. The molecule has 0 radical (unpaired) electrons. The molecule has 1 aliphatic carbocycles. The number of carbonyl (C=O) groups excluding carboxylic acids is 2. The first-order chi connectivity index (χ1) is 15.3. The predicted molar refractivity (Wildman–Crippen MR) is 126 cm³/mol. The first-order valence-corrected chi connectivity index (χ1v) is 13.1. The molecule has 1 amide bonds. The monoisotopic (exact) mass is 457 g/mol. The summed E-state index contributed by atoms with van der Waals surface area (Å²) in [5.74, 6) is 1.07. The Morgan fingerprint density at radius 1 is 1.12 bits per heavy atom. The normalized spacial score (nSPS) is 29.9. The van der Waals surface area contributed by atoms with Crippen molar-refractivity contribution in [3.63, 3.8) is 0 Å². The van der Waals surface area contributed by atoms with Crippen molar-refractivity contribution in [1.82, 2.24) is 4.90 Å². The van der Waals surface area contributed by atoms with Crippen LogP contribution < -0.4 is 0 Å². The number of Topliss-reactive ketones (excluding diaryl/α,β-unsaturated/α-hetero) is 1. The lowest BCUT2D eigenvalue weighted by molar-refractivity contribution is -0.137. The minimum absolute atomic E-state index is 0.114. The van der Waals surface area contributed by atoms with Gasteiger partial charge in [-0.2, -0.15) is 0 Å².